The van der Waals surface area contributed by atoms with Crippen molar-refractivity contribution in [2.75, 3.05) is 0 Å². The molecule has 3 aromatic carbocycles. The molecule has 0 bridgehead atoms. The van der Waals surface area contributed by atoms with E-state index in [1.54, 1.807) is 18.2 Å². The molecule has 2 amide bonds. The van der Waals surface area contributed by atoms with Gasteiger partial charge in [-0.1, -0.05) is 122 Å². The van der Waals surface area contributed by atoms with E-state index in [2.05, 4.69) is 37.2 Å². The number of nitrogens with zero attached hydrogens (tertiary/aromatic N) is 1. The number of hydrogen-bond acceptors (Lipinski definition) is 3. The summed E-state index contributed by atoms with van der Waals surface area (Å²) in [6.07, 6.45) is 4.33. The fraction of sp³-hybridized carbons (Fsp3) is 0.0333. The highest BCUT2D eigenvalue weighted by atomic mass is 16.2. The van der Waals surface area contributed by atoms with Crippen molar-refractivity contribution >= 4 is 29.0 Å². The molecule has 0 fully saturated rings. The van der Waals surface area contributed by atoms with Gasteiger partial charge in [0, 0.05) is 12.2 Å². The molecular weight excluding hydrogens is 420 g/mol. The number of allylic oxidation sites excluding steroid dienone is 2. The van der Waals surface area contributed by atoms with Crippen molar-refractivity contribution in [3.63, 3.8) is 0 Å². The summed E-state index contributed by atoms with van der Waals surface area (Å²) in [5.41, 5.74) is 4.72. The van der Waals surface area contributed by atoms with Gasteiger partial charge in [-0.25, -0.2) is 0 Å². The van der Waals surface area contributed by atoms with Gasteiger partial charge in [0.05, 0.1) is 11.6 Å². The van der Waals surface area contributed by atoms with Crippen LogP contribution < -0.4 is 5.32 Å². The number of hydrogen-bond donors (Lipinski definition) is 1. The zero-order valence-corrected chi connectivity index (χ0v) is 19.3. The van der Waals surface area contributed by atoms with Crippen molar-refractivity contribution in [1.82, 2.24) is 5.32 Å². The van der Waals surface area contributed by atoms with Crippen LogP contribution in [0.3, 0.4) is 0 Å². The molecule has 34 heavy (non-hydrogen) atoms. The summed E-state index contributed by atoms with van der Waals surface area (Å²) in [6, 6.07) is 31.0. The lowest BCUT2D eigenvalue weighted by molar-refractivity contribution is -0.123. The normalized spacial score (nSPS) is 10.8. The topological polar surface area (TPSA) is 70.0 Å². The molecule has 1 aliphatic rings. The number of rotatable bonds is 3. The van der Waals surface area contributed by atoms with E-state index in [0.29, 0.717) is 5.57 Å². The molecule has 0 aromatic heterocycles. The largest absolute Gasteiger partial charge is 0.289 e. The van der Waals surface area contributed by atoms with Crippen LogP contribution in [-0.4, -0.2) is 11.8 Å². The fourth-order valence-electron chi connectivity index (χ4n) is 2.56. The third-order valence-corrected chi connectivity index (χ3v) is 4.23. The van der Waals surface area contributed by atoms with Crippen molar-refractivity contribution in [3.8, 4) is 6.07 Å². The van der Waals surface area contributed by atoms with Crippen LogP contribution in [0.25, 0.3) is 17.2 Å². The van der Waals surface area contributed by atoms with E-state index >= 15 is 0 Å². The summed E-state index contributed by atoms with van der Waals surface area (Å²) in [5.74, 6) is -0.667. The Morgan fingerprint density at radius 2 is 1.32 bits per heavy atom. The van der Waals surface area contributed by atoms with Crippen LogP contribution >= 0.6 is 0 Å². The van der Waals surface area contributed by atoms with E-state index in [1.165, 1.54) is 23.3 Å². The van der Waals surface area contributed by atoms with Gasteiger partial charge in [0.15, 0.2) is 0 Å². The minimum atomic E-state index is -0.344. The van der Waals surface area contributed by atoms with E-state index in [9.17, 15) is 9.59 Å². The number of nitrogens with one attached hydrogen (secondary N) is 1. The summed E-state index contributed by atoms with van der Waals surface area (Å²) in [7, 11) is 0. The molecule has 0 radical (unpaired) electrons. The minimum absolute atomic E-state index is 0.323. The molecule has 0 spiro atoms. The van der Waals surface area contributed by atoms with Gasteiger partial charge in [-0.3, -0.25) is 14.9 Å². The molecule has 0 saturated carbocycles. The van der Waals surface area contributed by atoms with Crippen molar-refractivity contribution in [2.45, 2.75) is 6.92 Å². The molecule has 4 rings (SSSR count). The first-order valence-electron chi connectivity index (χ1n) is 10.4. The molecule has 3 aromatic rings. The van der Waals surface area contributed by atoms with Crippen LogP contribution in [0, 0.1) is 11.3 Å². The monoisotopic (exact) mass is 448 g/mol. The Balaban J connectivity index is 0.000000244. The number of carbonyl (C=O) groups excluding carboxylic acids is 2. The van der Waals surface area contributed by atoms with Gasteiger partial charge in [0.2, 0.25) is 0 Å². The molecule has 4 nitrogen and oxygen atoms in total. The number of carbonyl (C=O) groups is 2. The lowest BCUT2D eigenvalue weighted by Crippen LogP contribution is -2.21. The van der Waals surface area contributed by atoms with Crippen LogP contribution in [0.4, 0.5) is 0 Å². The van der Waals surface area contributed by atoms with Crippen LogP contribution in [0.15, 0.2) is 123 Å². The minimum Gasteiger partial charge on any atom is -0.289 e. The number of imide groups is 1. The molecule has 0 saturated heterocycles. The van der Waals surface area contributed by atoms with Gasteiger partial charge in [-0.2, -0.15) is 5.26 Å². The van der Waals surface area contributed by atoms with E-state index in [-0.39, 0.29) is 11.8 Å². The summed E-state index contributed by atoms with van der Waals surface area (Å²) >= 11 is 0. The maximum atomic E-state index is 11.2. The Morgan fingerprint density at radius 1 is 0.853 bits per heavy atom. The molecule has 1 heterocycles. The third kappa shape index (κ3) is 10.5. The number of amides is 2. The molecule has 170 valence electrons. The molecule has 1 N–H and O–H groups in total. The summed E-state index contributed by atoms with van der Waals surface area (Å²) < 4.78 is 0. The van der Waals surface area contributed by atoms with Gasteiger partial charge < -0.3 is 0 Å². The molecule has 4 heteroatoms. The van der Waals surface area contributed by atoms with Gasteiger partial charge >= 0.3 is 0 Å². The van der Waals surface area contributed by atoms with Gasteiger partial charge in [0.1, 0.15) is 0 Å². The third-order valence-electron chi connectivity index (χ3n) is 4.23. The quantitative estimate of drug-likeness (QED) is 0.369. The number of benzene rings is 3. The SMILES string of the molecule is C=C(C)c1ccccc1.C=CC#N.C=Cc1ccccc1.O=C1C=C(c2ccccc2)C(=O)N1. The van der Waals surface area contributed by atoms with Crippen LogP contribution in [0.2, 0.25) is 0 Å². The Kier molecular flexibility index (Phi) is 12.8. The lowest BCUT2D eigenvalue weighted by Gasteiger charge is -1.97. The Labute approximate surface area is 201 Å². The maximum absolute atomic E-state index is 11.2. The molecule has 0 unspecified atom stereocenters. The summed E-state index contributed by atoms with van der Waals surface area (Å²) in [6.45, 7) is 12.6. The van der Waals surface area contributed by atoms with E-state index in [0.717, 1.165) is 11.1 Å². The second kappa shape index (κ2) is 16.0. The highest BCUT2D eigenvalue weighted by molar-refractivity contribution is 6.33. The van der Waals surface area contributed by atoms with Gasteiger partial charge in [-0.05, 0) is 23.6 Å². The second-order valence-corrected chi connectivity index (χ2v) is 6.84. The highest BCUT2D eigenvalue weighted by Crippen LogP contribution is 2.16. The lowest BCUT2D eigenvalue weighted by atomic mass is 10.1. The zero-order chi connectivity index (χ0) is 25.2. The standard InChI is InChI=1S/C10H7NO2.C9H10.C8H8.C3H3N/c12-9-6-8(10(13)11-9)7-4-2-1-3-5-7;1-8(2)9-6-4-3-5-7-9;1-2-8-6-4-3-5-7-8;1-2-3-4/h1-6H,(H,11,12,13);3-7H,1H2,2H3;2-7H,1H2;2H,1H2. The predicted molar refractivity (Wildman–Crippen MR) is 141 cm³/mol. The van der Waals surface area contributed by atoms with Crippen LogP contribution in [-0.2, 0) is 9.59 Å². The molecule has 1 aliphatic heterocycles. The van der Waals surface area contributed by atoms with Crippen LogP contribution in [0.5, 0.6) is 0 Å². The smallest absolute Gasteiger partial charge is 0.258 e. The highest BCUT2D eigenvalue weighted by Gasteiger charge is 2.21. The average Bonchev–Trinajstić information content (AvgIpc) is 3.24. The van der Waals surface area contributed by atoms with Gasteiger partial charge in [0.25, 0.3) is 11.8 Å². The predicted octanol–water partition coefficient (Wildman–Crippen LogP) is 6.47. The van der Waals surface area contributed by atoms with E-state index < -0.39 is 0 Å². The van der Waals surface area contributed by atoms with Gasteiger partial charge in [-0.15, -0.1) is 0 Å². The second-order valence-electron chi connectivity index (χ2n) is 6.84. The van der Waals surface area contributed by atoms with E-state index in [1.807, 2.05) is 79.7 Å². The molecule has 0 atom stereocenters. The van der Waals surface area contributed by atoms with Crippen LogP contribution in [0.1, 0.15) is 23.6 Å². The van der Waals surface area contributed by atoms with Crippen molar-refractivity contribution in [3.05, 3.63) is 140 Å². The Hall–Kier alpha value is -4.75. The Bertz CT molecular complexity index is 1160. The molecule has 0 aliphatic carbocycles. The first kappa shape index (κ1) is 27.3. The first-order valence-corrected chi connectivity index (χ1v) is 10.4. The summed E-state index contributed by atoms with van der Waals surface area (Å²) in [4.78, 5) is 22.0. The first-order chi connectivity index (χ1) is 16.4. The van der Waals surface area contributed by atoms with Crippen molar-refractivity contribution in [2.24, 2.45) is 0 Å². The molecular formula is C30H28N2O2. The van der Waals surface area contributed by atoms with E-state index in [4.69, 9.17) is 5.26 Å². The summed E-state index contributed by atoms with van der Waals surface area (Å²) in [5, 5.41) is 9.70. The zero-order valence-electron chi connectivity index (χ0n) is 19.3. The van der Waals surface area contributed by atoms with Crippen molar-refractivity contribution < 1.29 is 9.59 Å². The van der Waals surface area contributed by atoms with Crippen molar-refractivity contribution in [1.29, 1.82) is 5.26 Å². The maximum Gasteiger partial charge on any atom is 0.258 e. The Morgan fingerprint density at radius 3 is 1.65 bits per heavy atom. The number of nitriles is 1. The average molecular weight is 449 g/mol. The fourth-order valence-corrected chi connectivity index (χ4v) is 2.56.